The standard InChI is InChI=1S/C14H17N3S/c15-11-4-5-12-13(6-11)18-14(16-12)17-7-9-2-1-3-10(9)8-17/h4-6,9-10H,1-3,7-8,15H2. The Morgan fingerprint density at radius 1 is 1.22 bits per heavy atom. The van der Waals surface area contributed by atoms with Crippen LogP contribution in [0.15, 0.2) is 18.2 Å². The molecule has 2 N–H and O–H groups in total. The number of aromatic nitrogens is 1. The van der Waals surface area contributed by atoms with Gasteiger partial charge in [-0.1, -0.05) is 17.8 Å². The third kappa shape index (κ3) is 1.59. The molecule has 1 saturated heterocycles. The van der Waals surface area contributed by atoms with Gasteiger partial charge in [0.05, 0.1) is 10.2 Å². The van der Waals surface area contributed by atoms with Gasteiger partial charge in [0.1, 0.15) is 0 Å². The van der Waals surface area contributed by atoms with Gasteiger partial charge in [-0.25, -0.2) is 4.98 Å². The topological polar surface area (TPSA) is 42.1 Å². The fourth-order valence-corrected chi connectivity index (χ4v) is 4.49. The second-order valence-electron chi connectivity index (χ2n) is 5.58. The summed E-state index contributed by atoms with van der Waals surface area (Å²) in [5, 5.41) is 1.19. The minimum Gasteiger partial charge on any atom is -0.399 e. The van der Waals surface area contributed by atoms with Gasteiger partial charge in [-0.15, -0.1) is 0 Å². The van der Waals surface area contributed by atoms with Crippen molar-refractivity contribution in [2.24, 2.45) is 11.8 Å². The van der Waals surface area contributed by atoms with Gasteiger partial charge < -0.3 is 10.6 Å². The quantitative estimate of drug-likeness (QED) is 0.800. The van der Waals surface area contributed by atoms with Crippen LogP contribution in [-0.4, -0.2) is 18.1 Å². The molecule has 1 aliphatic carbocycles. The van der Waals surface area contributed by atoms with E-state index in [1.165, 1.54) is 42.2 Å². The van der Waals surface area contributed by atoms with Crippen molar-refractivity contribution in [3.8, 4) is 0 Å². The molecule has 1 saturated carbocycles. The fourth-order valence-electron chi connectivity index (χ4n) is 3.46. The van der Waals surface area contributed by atoms with Gasteiger partial charge in [0.25, 0.3) is 0 Å². The molecule has 0 amide bonds. The van der Waals surface area contributed by atoms with Gasteiger partial charge >= 0.3 is 0 Å². The molecule has 0 bridgehead atoms. The van der Waals surface area contributed by atoms with Gasteiger partial charge in [-0.05, 0) is 42.9 Å². The van der Waals surface area contributed by atoms with Crippen LogP contribution in [0.5, 0.6) is 0 Å². The summed E-state index contributed by atoms with van der Waals surface area (Å²) in [6.45, 7) is 2.42. The summed E-state index contributed by atoms with van der Waals surface area (Å²) in [4.78, 5) is 7.23. The average Bonchev–Trinajstić information content (AvgIpc) is 2.99. The molecule has 2 aliphatic rings. The van der Waals surface area contributed by atoms with Crippen LogP contribution in [0.3, 0.4) is 0 Å². The van der Waals surface area contributed by atoms with Gasteiger partial charge in [0.15, 0.2) is 5.13 Å². The molecule has 0 radical (unpaired) electrons. The average molecular weight is 259 g/mol. The maximum Gasteiger partial charge on any atom is 0.186 e. The van der Waals surface area contributed by atoms with Crippen LogP contribution in [0.4, 0.5) is 10.8 Å². The van der Waals surface area contributed by atoms with E-state index in [9.17, 15) is 0 Å². The summed E-state index contributed by atoms with van der Waals surface area (Å²) >= 11 is 1.78. The number of nitrogen functional groups attached to an aromatic ring is 1. The van der Waals surface area contributed by atoms with Crippen molar-refractivity contribution < 1.29 is 0 Å². The largest absolute Gasteiger partial charge is 0.399 e. The van der Waals surface area contributed by atoms with E-state index in [4.69, 9.17) is 10.7 Å². The zero-order chi connectivity index (χ0) is 12.1. The second kappa shape index (κ2) is 3.85. The van der Waals surface area contributed by atoms with Crippen LogP contribution in [0.2, 0.25) is 0 Å². The van der Waals surface area contributed by atoms with E-state index in [0.717, 1.165) is 23.0 Å². The van der Waals surface area contributed by atoms with E-state index in [-0.39, 0.29) is 0 Å². The number of fused-ring (bicyclic) bond motifs is 2. The highest BCUT2D eigenvalue weighted by Crippen LogP contribution is 2.41. The number of anilines is 2. The third-order valence-corrected chi connectivity index (χ3v) is 5.48. The predicted octanol–water partition coefficient (Wildman–Crippen LogP) is 3.11. The lowest BCUT2D eigenvalue weighted by atomic mass is 10.0. The normalized spacial score (nSPS) is 27.0. The van der Waals surface area contributed by atoms with Crippen LogP contribution in [0.25, 0.3) is 10.2 Å². The number of benzene rings is 1. The number of rotatable bonds is 1. The summed E-state index contributed by atoms with van der Waals surface area (Å²) in [5.74, 6) is 1.84. The lowest BCUT2D eigenvalue weighted by molar-refractivity contribution is 0.494. The van der Waals surface area contributed by atoms with Gasteiger partial charge in [-0.2, -0.15) is 0 Å². The molecule has 2 heterocycles. The van der Waals surface area contributed by atoms with Gasteiger partial charge in [0.2, 0.25) is 0 Å². The molecule has 1 aliphatic heterocycles. The molecule has 2 unspecified atom stereocenters. The van der Waals surface area contributed by atoms with Gasteiger partial charge in [0, 0.05) is 18.8 Å². The molecule has 1 aromatic heterocycles. The molecule has 1 aromatic carbocycles. The number of nitrogens with zero attached hydrogens (tertiary/aromatic N) is 2. The van der Waals surface area contributed by atoms with E-state index < -0.39 is 0 Å². The summed E-state index contributed by atoms with van der Waals surface area (Å²) < 4.78 is 1.21. The highest BCUT2D eigenvalue weighted by Gasteiger charge is 2.37. The Morgan fingerprint density at radius 2 is 2.00 bits per heavy atom. The van der Waals surface area contributed by atoms with Crippen LogP contribution in [-0.2, 0) is 0 Å². The molecule has 94 valence electrons. The SMILES string of the molecule is Nc1ccc2nc(N3CC4CCCC4C3)sc2c1. The zero-order valence-electron chi connectivity index (χ0n) is 10.3. The van der Waals surface area contributed by atoms with E-state index in [1.54, 1.807) is 11.3 Å². The number of hydrogen-bond donors (Lipinski definition) is 1. The lowest BCUT2D eigenvalue weighted by Crippen LogP contribution is -2.20. The first-order valence-electron chi connectivity index (χ1n) is 6.70. The Morgan fingerprint density at radius 3 is 2.78 bits per heavy atom. The molecule has 2 aromatic rings. The maximum atomic E-state index is 5.83. The van der Waals surface area contributed by atoms with E-state index >= 15 is 0 Å². The first kappa shape index (κ1) is 10.6. The monoisotopic (exact) mass is 259 g/mol. The van der Waals surface area contributed by atoms with E-state index in [1.807, 2.05) is 18.2 Å². The minimum atomic E-state index is 0.830. The Balaban J connectivity index is 1.67. The van der Waals surface area contributed by atoms with E-state index in [2.05, 4.69) is 4.90 Å². The van der Waals surface area contributed by atoms with Crippen molar-refractivity contribution in [3.63, 3.8) is 0 Å². The lowest BCUT2D eigenvalue weighted by Gasteiger charge is -2.15. The van der Waals surface area contributed by atoms with Crippen molar-refractivity contribution in [2.75, 3.05) is 23.7 Å². The third-order valence-electron chi connectivity index (χ3n) is 4.40. The van der Waals surface area contributed by atoms with Crippen molar-refractivity contribution >= 4 is 32.4 Å². The smallest absolute Gasteiger partial charge is 0.186 e. The van der Waals surface area contributed by atoms with Crippen LogP contribution >= 0.6 is 11.3 Å². The molecule has 2 atom stereocenters. The Bertz CT molecular complexity index is 580. The Kier molecular flexibility index (Phi) is 2.27. The molecular weight excluding hydrogens is 242 g/mol. The Hall–Kier alpha value is -1.29. The van der Waals surface area contributed by atoms with Crippen molar-refractivity contribution in [3.05, 3.63) is 18.2 Å². The first-order valence-corrected chi connectivity index (χ1v) is 7.52. The summed E-state index contributed by atoms with van der Waals surface area (Å²) in [5.41, 5.74) is 7.74. The highest BCUT2D eigenvalue weighted by atomic mass is 32.1. The molecule has 18 heavy (non-hydrogen) atoms. The summed E-state index contributed by atoms with van der Waals surface area (Å²) in [7, 11) is 0. The van der Waals surface area contributed by atoms with Crippen LogP contribution < -0.4 is 10.6 Å². The molecule has 2 fully saturated rings. The molecule has 4 rings (SSSR count). The molecular formula is C14H17N3S. The molecule has 4 heteroatoms. The van der Waals surface area contributed by atoms with Crippen molar-refractivity contribution in [1.29, 1.82) is 0 Å². The zero-order valence-corrected chi connectivity index (χ0v) is 11.1. The van der Waals surface area contributed by atoms with E-state index in [0.29, 0.717) is 0 Å². The summed E-state index contributed by atoms with van der Waals surface area (Å²) in [6, 6.07) is 6.00. The highest BCUT2D eigenvalue weighted by molar-refractivity contribution is 7.22. The Labute approximate surface area is 111 Å². The minimum absolute atomic E-state index is 0.830. The number of nitrogens with two attached hydrogens (primary N) is 1. The molecule has 0 spiro atoms. The van der Waals surface area contributed by atoms with Crippen LogP contribution in [0.1, 0.15) is 19.3 Å². The predicted molar refractivity (Wildman–Crippen MR) is 77.1 cm³/mol. The second-order valence-corrected chi connectivity index (χ2v) is 6.59. The van der Waals surface area contributed by atoms with Crippen molar-refractivity contribution in [1.82, 2.24) is 4.98 Å². The summed E-state index contributed by atoms with van der Waals surface area (Å²) in [6.07, 6.45) is 4.26. The first-order chi connectivity index (χ1) is 8.79. The number of hydrogen-bond acceptors (Lipinski definition) is 4. The number of thiazole rings is 1. The van der Waals surface area contributed by atoms with Gasteiger partial charge in [-0.3, -0.25) is 0 Å². The fraction of sp³-hybridized carbons (Fsp3) is 0.500. The molecule has 3 nitrogen and oxygen atoms in total. The maximum absolute atomic E-state index is 5.83. The van der Waals surface area contributed by atoms with Crippen LogP contribution in [0, 0.1) is 11.8 Å². The van der Waals surface area contributed by atoms with Crippen molar-refractivity contribution in [2.45, 2.75) is 19.3 Å².